The summed E-state index contributed by atoms with van der Waals surface area (Å²) in [6.07, 6.45) is 8.76. The summed E-state index contributed by atoms with van der Waals surface area (Å²) in [7, 11) is 0. The van der Waals surface area contributed by atoms with E-state index in [1.54, 1.807) is 0 Å². The standard InChI is InChI=1S/C22H24N4/c1-2-16(8-21-15(1)3-4-24-21)17-7-20(10-23-9-17)25-22-18-5-14-6-19(22)13-26(11-14)12-18/h1-4,7-10,14,18-19,22,24-25H,5-6,11-13H2/t14?,18-,19-,22?/m0/s1. The summed E-state index contributed by atoms with van der Waals surface area (Å²) < 4.78 is 0. The van der Waals surface area contributed by atoms with Gasteiger partial charge in [0.15, 0.2) is 0 Å². The second-order valence-electron chi connectivity index (χ2n) is 8.49. The van der Waals surface area contributed by atoms with Crippen LogP contribution in [0.4, 0.5) is 5.69 Å². The van der Waals surface area contributed by atoms with E-state index in [9.17, 15) is 0 Å². The van der Waals surface area contributed by atoms with Crippen molar-refractivity contribution < 1.29 is 0 Å². The zero-order chi connectivity index (χ0) is 17.1. The van der Waals surface area contributed by atoms with E-state index in [1.807, 2.05) is 18.6 Å². The maximum atomic E-state index is 4.53. The molecular formula is C22H24N4. The fraction of sp³-hybridized carbons (Fsp3) is 0.409. The van der Waals surface area contributed by atoms with Crippen LogP contribution in [0.1, 0.15) is 12.8 Å². The molecule has 4 bridgehead atoms. The molecule has 1 aliphatic carbocycles. The predicted octanol–water partition coefficient (Wildman–Crippen LogP) is 3.98. The van der Waals surface area contributed by atoms with Crippen LogP contribution in [0.3, 0.4) is 0 Å². The van der Waals surface area contributed by atoms with Crippen LogP contribution in [0, 0.1) is 17.8 Å². The van der Waals surface area contributed by atoms with E-state index < -0.39 is 0 Å². The molecule has 2 atom stereocenters. The lowest BCUT2D eigenvalue weighted by molar-refractivity contribution is -0.0269. The Hall–Kier alpha value is -2.33. The Balaban J connectivity index is 1.28. The predicted molar refractivity (Wildman–Crippen MR) is 105 cm³/mol. The lowest BCUT2D eigenvalue weighted by Gasteiger charge is -2.56. The summed E-state index contributed by atoms with van der Waals surface area (Å²) in [5, 5.41) is 5.12. The molecule has 3 saturated heterocycles. The summed E-state index contributed by atoms with van der Waals surface area (Å²) in [4.78, 5) is 10.5. The number of benzene rings is 1. The molecule has 7 rings (SSSR count). The van der Waals surface area contributed by atoms with Crippen molar-refractivity contribution in [2.45, 2.75) is 18.9 Å². The molecule has 0 radical (unpaired) electrons. The van der Waals surface area contributed by atoms with E-state index in [0.29, 0.717) is 6.04 Å². The number of H-pyrrole nitrogens is 1. The number of piperidine rings is 3. The van der Waals surface area contributed by atoms with Crippen molar-refractivity contribution in [3.8, 4) is 11.1 Å². The maximum absolute atomic E-state index is 4.53. The van der Waals surface area contributed by atoms with E-state index >= 15 is 0 Å². The van der Waals surface area contributed by atoms with Crippen LogP contribution in [0.2, 0.25) is 0 Å². The molecule has 0 spiro atoms. The van der Waals surface area contributed by atoms with Gasteiger partial charge in [0.2, 0.25) is 0 Å². The van der Waals surface area contributed by atoms with Crippen LogP contribution >= 0.6 is 0 Å². The van der Waals surface area contributed by atoms with Crippen molar-refractivity contribution in [1.29, 1.82) is 0 Å². The van der Waals surface area contributed by atoms with Crippen LogP contribution in [-0.4, -0.2) is 40.5 Å². The Morgan fingerprint density at radius 2 is 1.85 bits per heavy atom. The van der Waals surface area contributed by atoms with Crippen molar-refractivity contribution in [3.63, 3.8) is 0 Å². The minimum atomic E-state index is 0.616. The molecule has 26 heavy (non-hydrogen) atoms. The summed E-state index contributed by atoms with van der Waals surface area (Å²) >= 11 is 0. The van der Waals surface area contributed by atoms with Crippen LogP contribution in [0.5, 0.6) is 0 Å². The molecule has 0 amide bonds. The van der Waals surface area contributed by atoms with Gasteiger partial charge in [-0.2, -0.15) is 0 Å². The molecule has 1 saturated carbocycles. The Bertz CT molecular complexity index is 931. The molecule has 2 aromatic heterocycles. The number of nitrogens with one attached hydrogen (secondary N) is 2. The maximum Gasteiger partial charge on any atom is 0.0535 e. The highest BCUT2D eigenvalue weighted by molar-refractivity contribution is 5.85. The second kappa shape index (κ2) is 5.58. The quantitative estimate of drug-likeness (QED) is 0.755. The molecular weight excluding hydrogens is 320 g/mol. The molecule has 1 aromatic carbocycles. The first-order valence-electron chi connectivity index (χ1n) is 9.83. The van der Waals surface area contributed by atoms with Crippen molar-refractivity contribution in [2.24, 2.45) is 17.8 Å². The van der Waals surface area contributed by atoms with Gasteiger partial charge in [-0.25, -0.2) is 0 Å². The molecule has 132 valence electrons. The van der Waals surface area contributed by atoms with Crippen molar-refractivity contribution in [3.05, 3.63) is 48.9 Å². The van der Waals surface area contributed by atoms with Crippen LogP contribution < -0.4 is 5.32 Å². The van der Waals surface area contributed by atoms with Gasteiger partial charge in [0.05, 0.1) is 5.69 Å². The van der Waals surface area contributed by atoms with Gasteiger partial charge in [-0.3, -0.25) is 4.98 Å². The van der Waals surface area contributed by atoms with Gasteiger partial charge < -0.3 is 15.2 Å². The van der Waals surface area contributed by atoms with E-state index in [1.165, 1.54) is 60.2 Å². The van der Waals surface area contributed by atoms with Gasteiger partial charge in [0.1, 0.15) is 0 Å². The highest BCUT2D eigenvalue weighted by Crippen LogP contribution is 2.44. The zero-order valence-electron chi connectivity index (χ0n) is 14.9. The lowest BCUT2D eigenvalue weighted by atomic mass is 9.65. The minimum absolute atomic E-state index is 0.616. The third kappa shape index (κ3) is 2.36. The minimum Gasteiger partial charge on any atom is -0.380 e. The smallest absolute Gasteiger partial charge is 0.0535 e. The monoisotopic (exact) mass is 344 g/mol. The molecule has 4 nitrogen and oxygen atoms in total. The first-order valence-corrected chi connectivity index (χ1v) is 9.83. The van der Waals surface area contributed by atoms with E-state index in [4.69, 9.17) is 0 Å². The number of pyridine rings is 1. The lowest BCUT2D eigenvalue weighted by Crippen LogP contribution is -2.62. The molecule has 4 heteroatoms. The van der Waals surface area contributed by atoms with Crippen LogP contribution in [-0.2, 0) is 0 Å². The number of aromatic nitrogens is 2. The first kappa shape index (κ1) is 14.8. The third-order valence-electron chi connectivity index (χ3n) is 6.75. The Kier molecular flexibility index (Phi) is 3.18. The number of nitrogens with zero attached hydrogens (tertiary/aromatic N) is 2. The van der Waals surface area contributed by atoms with Crippen LogP contribution in [0.25, 0.3) is 22.0 Å². The molecule has 5 heterocycles. The van der Waals surface area contributed by atoms with Gasteiger partial charge in [0.25, 0.3) is 0 Å². The number of fused-ring (bicyclic) bond motifs is 1. The normalized spacial score (nSPS) is 32.2. The summed E-state index contributed by atoms with van der Waals surface area (Å²) in [6, 6.07) is 11.6. The summed E-state index contributed by atoms with van der Waals surface area (Å²) in [5.74, 6) is 2.56. The highest BCUT2D eigenvalue weighted by Gasteiger charge is 2.47. The Labute approximate surface area is 153 Å². The summed E-state index contributed by atoms with van der Waals surface area (Å²) in [5.41, 5.74) is 4.74. The average Bonchev–Trinajstić information content (AvgIpc) is 3.12. The summed E-state index contributed by atoms with van der Waals surface area (Å²) in [6.45, 7) is 3.90. The number of anilines is 1. The zero-order valence-corrected chi connectivity index (χ0v) is 14.9. The first-order chi connectivity index (χ1) is 12.8. The molecule has 3 aliphatic heterocycles. The fourth-order valence-corrected chi connectivity index (χ4v) is 5.74. The largest absolute Gasteiger partial charge is 0.380 e. The van der Waals surface area contributed by atoms with Crippen molar-refractivity contribution in [1.82, 2.24) is 14.9 Å². The number of hydrogen-bond acceptors (Lipinski definition) is 3. The number of rotatable bonds is 3. The Morgan fingerprint density at radius 1 is 0.962 bits per heavy atom. The second-order valence-corrected chi connectivity index (χ2v) is 8.49. The van der Waals surface area contributed by atoms with Crippen LogP contribution in [0.15, 0.2) is 48.9 Å². The Morgan fingerprint density at radius 3 is 2.69 bits per heavy atom. The van der Waals surface area contributed by atoms with Gasteiger partial charge in [-0.05, 0) is 59.7 Å². The van der Waals surface area contributed by atoms with Gasteiger partial charge in [-0.15, -0.1) is 0 Å². The van der Waals surface area contributed by atoms with Gasteiger partial charge in [-0.1, -0.05) is 12.1 Å². The number of hydrogen-bond donors (Lipinski definition) is 2. The van der Waals surface area contributed by atoms with E-state index in [-0.39, 0.29) is 0 Å². The molecule has 3 aromatic rings. The van der Waals surface area contributed by atoms with E-state index in [0.717, 1.165) is 17.8 Å². The van der Waals surface area contributed by atoms with Crippen molar-refractivity contribution in [2.75, 3.05) is 25.0 Å². The highest BCUT2D eigenvalue weighted by atomic mass is 15.2. The molecule has 4 aliphatic rings. The molecule has 2 N–H and O–H groups in total. The average molecular weight is 344 g/mol. The van der Waals surface area contributed by atoms with Crippen molar-refractivity contribution >= 4 is 16.6 Å². The molecule has 0 unspecified atom stereocenters. The SMILES string of the molecule is c1cc2ccc(-c3cncc(NC4[C@H]5CC6C[C@H]4CN(C6)C5)c3)cc2[nH]1. The third-order valence-corrected chi connectivity index (χ3v) is 6.75. The number of aromatic amines is 1. The molecule has 4 fully saturated rings. The fourth-order valence-electron chi connectivity index (χ4n) is 5.74. The van der Waals surface area contributed by atoms with E-state index in [2.05, 4.69) is 50.5 Å². The van der Waals surface area contributed by atoms with Gasteiger partial charge in [0, 0.05) is 55.3 Å². The van der Waals surface area contributed by atoms with Gasteiger partial charge >= 0.3 is 0 Å². The topological polar surface area (TPSA) is 44.0 Å².